The molecule has 3 aromatic rings. The number of rotatable bonds is 6. The summed E-state index contributed by atoms with van der Waals surface area (Å²) in [5, 5.41) is 0.640. The fraction of sp³-hybridized carbons (Fsp3) is 0.185. The second-order valence-electron chi connectivity index (χ2n) is 7.86. The Hall–Kier alpha value is -2.83. The SMILES string of the molecule is CCCOc1ccc(/C=C2\SC(=Nc3ccc(C)cc3)N(c3ccc(C)cc3)C2=O)cc1Br. The first-order chi connectivity index (χ1) is 15.9. The smallest absolute Gasteiger partial charge is 0.271 e. The van der Waals surface area contributed by atoms with Crippen LogP contribution in [0.3, 0.4) is 0 Å². The van der Waals surface area contributed by atoms with Crippen molar-refractivity contribution >= 4 is 56.2 Å². The molecule has 4 rings (SSSR count). The summed E-state index contributed by atoms with van der Waals surface area (Å²) >= 11 is 4.96. The molecule has 1 fully saturated rings. The number of hydrogen-bond acceptors (Lipinski definition) is 4. The van der Waals surface area contributed by atoms with Crippen molar-refractivity contribution in [3.63, 3.8) is 0 Å². The molecule has 0 spiro atoms. The Labute approximate surface area is 207 Å². The van der Waals surface area contributed by atoms with Gasteiger partial charge in [0.1, 0.15) is 5.75 Å². The Morgan fingerprint density at radius 1 is 1.00 bits per heavy atom. The molecular formula is C27H25BrN2O2S. The molecule has 1 aliphatic heterocycles. The molecule has 1 aliphatic rings. The minimum absolute atomic E-state index is 0.0860. The van der Waals surface area contributed by atoms with Gasteiger partial charge in [-0.25, -0.2) is 4.99 Å². The predicted octanol–water partition coefficient (Wildman–Crippen LogP) is 7.66. The van der Waals surface area contributed by atoms with E-state index in [4.69, 9.17) is 9.73 Å². The number of benzene rings is 3. The molecular weight excluding hydrogens is 496 g/mol. The summed E-state index contributed by atoms with van der Waals surface area (Å²) in [6, 6.07) is 21.8. The van der Waals surface area contributed by atoms with Gasteiger partial charge in [-0.1, -0.05) is 48.4 Å². The molecule has 6 heteroatoms. The van der Waals surface area contributed by atoms with Crippen LogP contribution in [0, 0.1) is 13.8 Å². The van der Waals surface area contributed by atoms with E-state index in [9.17, 15) is 4.79 Å². The number of nitrogens with zero attached hydrogens (tertiary/aromatic N) is 2. The van der Waals surface area contributed by atoms with Crippen molar-refractivity contribution in [3.05, 3.63) is 92.8 Å². The Kier molecular flexibility index (Phi) is 7.36. The zero-order valence-corrected chi connectivity index (χ0v) is 21.2. The van der Waals surface area contributed by atoms with Crippen LogP contribution in [0.15, 0.2) is 81.1 Å². The van der Waals surface area contributed by atoms with Gasteiger partial charge in [0.05, 0.1) is 27.4 Å². The van der Waals surface area contributed by atoms with Gasteiger partial charge in [-0.15, -0.1) is 0 Å². The van der Waals surface area contributed by atoms with Crippen LogP contribution in [0.4, 0.5) is 11.4 Å². The fourth-order valence-corrected chi connectivity index (χ4v) is 4.80. The fourth-order valence-electron chi connectivity index (χ4n) is 3.29. The average molecular weight is 521 g/mol. The maximum Gasteiger partial charge on any atom is 0.271 e. The molecule has 0 aliphatic carbocycles. The third kappa shape index (κ3) is 5.57. The van der Waals surface area contributed by atoms with Gasteiger partial charge in [0, 0.05) is 0 Å². The lowest BCUT2D eigenvalue weighted by molar-refractivity contribution is -0.113. The first kappa shape index (κ1) is 23.3. The molecule has 0 N–H and O–H groups in total. The summed E-state index contributed by atoms with van der Waals surface area (Å²) in [4.78, 5) is 20.6. The Morgan fingerprint density at radius 2 is 1.67 bits per heavy atom. The van der Waals surface area contributed by atoms with Crippen LogP contribution in [-0.2, 0) is 4.79 Å². The van der Waals surface area contributed by atoms with Crippen molar-refractivity contribution in [3.8, 4) is 5.75 Å². The van der Waals surface area contributed by atoms with Crippen LogP contribution < -0.4 is 9.64 Å². The number of amidine groups is 1. The third-order valence-electron chi connectivity index (χ3n) is 5.07. The Morgan fingerprint density at radius 3 is 2.30 bits per heavy atom. The maximum absolute atomic E-state index is 13.5. The Balaban J connectivity index is 1.70. The number of aryl methyl sites for hydroxylation is 2. The number of carbonyl (C=O) groups is 1. The second kappa shape index (κ2) is 10.4. The molecule has 1 saturated heterocycles. The molecule has 1 amide bonds. The highest BCUT2D eigenvalue weighted by Gasteiger charge is 2.34. The first-order valence-corrected chi connectivity index (χ1v) is 12.4. The van der Waals surface area contributed by atoms with E-state index >= 15 is 0 Å². The van der Waals surface area contributed by atoms with Crippen LogP contribution in [0.1, 0.15) is 30.0 Å². The summed E-state index contributed by atoms with van der Waals surface area (Å²) in [5.41, 5.74) is 4.84. The normalized spacial score (nSPS) is 16.1. The minimum Gasteiger partial charge on any atom is -0.492 e. The van der Waals surface area contributed by atoms with Crippen LogP contribution in [-0.4, -0.2) is 17.7 Å². The van der Waals surface area contributed by atoms with Crippen molar-refractivity contribution in [1.29, 1.82) is 0 Å². The van der Waals surface area contributed by atoms with Crippen LogP contribution >= 0.6 is 27.7 Å². The largest absolute Gasteiger partial charge is 0.492 e. The Bertz CT molecular complexity index is 1220. The summed E-state index contributed by atoms with van der Waals surface area (Å²) < 4.78 is 6.61. The average Bonchev–Trinajstić information content (AvgIpc) is 3.10. The number of aliphatic imine (C=N–C) groups is 1. The van der Waals surface area contributed by atoms with E-state index in [1.807, 2.05) is 86.7 Å². The lowest BCUT2D eigenvalue weighted by Crippen LogP contribution is -2.28. The monoisotopic (exact) mass is 520 g/mol. The van der Waals surface area contributed by atoms with Crippen molar-refractivity contribution in [1.82, 2.24) is 0 Å². The van der Waals surface area contributed by atoms with Crippen LogP contribution in [0.5, 0.6) is 5.75 Å². The van der Waals surface area contributed by atoms with Gasteiger partial charge in [-0.3, -0.25) is 9.69 Å². The lowest BCUT2D eigenvalue weighted by Gasteiger charge is -2.16. The van der Waals surface area contributed by atoms with Crippen molar-refractivity contribution in [2.24, 2.45) is 4.99 Å². The summed E-state index contributed by atoms with van der Waals surface area (Å²) in [6.45, 7) is 6.81. The first-order valence-electron chi connectivity index (χ1n) is 10.8. The molecule has 0 atom stereocenters. The van der Waals surface area contributed by atoms with Crippen molar-refractivity contribution < 1.29 is 9.53 Å². The lowest BCUT2D eigenvalue weighted by atomic mass is 10.2. The number of hydrogen-bond donors (Lipinski definition) is 0. The zero-order chi connectivity index (χ0) is 23.4. The number of carbonyl (C=O) groups excluding carboxylic acids is 1. The van der Waals surface area contributed by atoms with Crippen molar-refractivity contribution in [2.75, 3.05) is 11.5 Å². The number of ether oxygens (including phenoxy) is 1. The molecule has 1 heterocycles. The number of anilines is 1. The van der Waals surface area contributed by atoms with E-state index in [0.717, 1.165) is 39.1 Å². The highest BCUT2D eigenvalue weighted by atomic mass is 79.9. The topological polar surface area (TPSA) is 41.9 Å². The molecule has 3 aromatic carbocycles. The summed E-state index contributed by atoms with van der Waals surface area (Å²) in [7, 11) is 0. The van der Waals surface area contributed by atoms with Gasteiger partial charge >= 0.3 is 0 Å². The highest BCUT2D eigenvalue weighted by Crippen LogP contribution is 2.38. The van der Waals surface area contributed by atoms with Gasteiger partial charge in [0.2, 0.25) is 0 Å². The van der Waals surface area contributed by atoms with Gasteiger partial charge < -0.3 is 4.74 Å². The highest BCUT2D eigenvalue weighted by molar-refractivity contribution is 9.10. The van der Waals surface area contributed by atoms with Crippen molar-refractivity contribution in [2.45, 2.75) is 27.2 Å². The standard InChI is InChI=1S/C27H25BrN2O2S/c1-4-15-32-24-14-9-20(16-23(24)28)17-25-26(31)30(22-12-7-19(3)8-13-22)27(33-25)29-21-10-5-18(2)6-11-21/h5-14,16-17H,4,15H2,1-3H3/b25-17-,29-27?. The van der Waals surface area contributed by atoms with Crippen LogP contribution in [0.25, 0.3) is 6.08 Å². The number of thioether (sulfide) groups is 1. The van der Waals surface area contributed by atoms with E-state index in [2.05, 4.69) is 22.9 Å². The van der Waals surface area contributed by atoms with Gasteiger partial charge in [0.25, 0.3) is 5.91 Å². The van der Waals surface area contributed by atoms with E-state index in [1.54, 1.807) is 4.90 Å². The third-order valence-corrected chi connectivity index (χ3v) is 6.66. The van der Waals surface area contributed by atoms with E-state index < -0.39 is 0 Å². The van der Waals surface area contributed by atoms with Gasteiger partial charge in [-0.05, 0) is 96.0 Å². The van der Waals surface area contributed by atoms with E-state index in [1.165, 1.54) is 17.3 Å². The molecule has 0 aromatic heterocycles. The quantitative estimate of drug-likeness (QED) is 0.313. The molecule has 0 saturated carbocycles. The maximum atomic E-state index is 13.5. The number of halogens is 1. The van der Waals surface area contributed by atoms with Crippen LogP contribution in [0.2, 0.25) is 0 Å². The van der Waals surface area contributed by atoms with Gasteiger partial charge in [0.15, 0.2) is 5.17 Å². The molecule has 168 valence electrons. The minimum atomic E-state index is -0.0860. The molecule has 33 heavy (non-hydrogen) atoms. The molecule has 0 radical (unpaired) electrons. The molecule has 0 bridgehead atoms. The van der Waals surface area contributed by atoms with Gasteiger partial charge in [-0.2, -0.15) is 0 Å². The predicted molar refractivity (Wildman–Crippen MR) is 142 cm³/mol. The number of amides is 1. The summed E-state index contributed by atoms with van der Waals surface area (Å²) in [5.74, 6) is 0.712. The summed E-state index contributed by atoms with van der Waals surface area (Å²) in [6.07, 6.45) is 2.85. The van der Waals surface area contributed by atoms with E-state index in [0.29, 0.717) is 16.7 Å². The zero-order valence-electron chi connectivity index (χ0n) is 18.8. The second-order valence-corrected chi connectivity index (χ2v) is 9.72. The molecule has 0 unspecified atom stereocenters. The molecule has 4 nitrogen and oxygen atoms in total. The van der Waals surface area contributed by atoms with E-state index in [-0.39, 0.29) is 5.91 Å².